The third-order valence-electron chi connectivity index (χ3n) is 1.96. The summed E-state index contributed by atoms with van der Waals surface area (Å²) in [7, 11) is 0. The van der Waals surface area contributed by atoms with Crippen molar-refractivity contribution >= 4 is 22.5 Å². The van der Waals surface area contributed by atoms with Crippen molar-refractivity contribution in [3.63, 3.8) is 0 Å². The molecule has 0 fully saturated rings. The first-order chi connectivity index (χ1) is 6.20. The van der Waals surface area contributed by atoms with Crippen molar-refractivity contribution in [1.82, 2.24) is 10.2 Å². The summed E-state index contributed by atoms with van der Waals surface area (Å²) in [5.41, 5.74) is 1.42. The van der Waals surface area contributed by atoms with E-state index in [2.05, 4.69) is 10.2 Å². The maximum absolute atomic E-state index is 11.3. The molecule has 0 radical (unpaired) electrons. The van der Waals surface area contributed by atoms with Crippen LogP contribution in [-0.4, -0.2) is 10.2 Å². The monoisotopic (exact) mass is 194 g/mol. The summed E-state index contributed by atoms with van der Waals surface area (Å²) in [4.78, 5) is 11.3. The molecule has 2 aromatic rings. The second kappa shape index (κ2) is 2.85. The quantitative estimate of drug-likeness (QED) is 0.696. The Morgan fingerprint density at radius 2 is 2.23 bits per heavy atom. The summed E-state index contributed by atoms with van der Waals surface area (Å²) >= 11 is 5.99. The molecule has 0 bridgehead atoms. The van der Waals surface area contributed by atoms with E-state index in [0.29, 0.717) is 15.9 Å². The van der Waals surface area contributed by atoms with Crippen molar-refractivity contribution in [2.45, 2.75) is 6.92 Å². The average molecular weight is 195 g/mol. The van der Waals surface area contributed by atoms with E-state index < -0.39 is 0 Å². The Hall–Kier alpha value is -1.35. The van der Waals surface area contributed by atoms with Gasteiger partial charge in [-0.25, -0.2) is 0 Å². The van der Waals surface area contributed by atoms with E-state index >= 15 is 0 Å². The number of aromatic nitrogens is 2. The van der Waals surface area contributed by atoms with Crippen LogP contribution in [0.2, 0.25) is 5.02 Å². The van der Waals surface area contributed by atoms with Gasteiger partial charge in [0.25, 0.3) is 0 Å². The number of aromatic amines is 1. The smallest absolute Gasteiger partial charge is 0.207 e. The highest BCUT2D eigenvalue weighted by molar-refractivity contribution is 6.35. The summed E-state index contributed by atoms with van der Waals surface area (Å²) in [5.74, 6) is 0. The number of rotatable bonds is 0. The lowest BCUT2D eigenvalue weighted by Crippen LogP contribution is -2.03. The zero-order valence-electron chi connectivity index (χ0n) is 6.97. The van der Waals surface area contributed by atoms with Gasteiger partial charge in [0, 0.05) is 0 Å². The molecule has 1 aromatic heterocycles. The SMILES string of the molecule is Cc1ccc2c(=O)cn[nH]c2c1Cl. The van der Waals surface area contributed by atoms with Crippen LogP contribution in [0.4, 0.5) is 0 Å². The van der Waals surface area contributed by atoms with Crippen LogP contribution in [0.3, 0.4) is 0 Å². The zero-order valence-corrected chi connectivity index (χ0v) is 7.72. The molecule has 0 unspecified atom stereocenters. The number of hydrogen-bond donors (Lipinski definition) is 1. The zero-order chi connectivity index (χ0) is 9.42. The van der Waals surface area contributed by atoms with E-state index in [4.69, 9.17) is 11.6 Å². The predicted molar refractivity (Wildman–Crippen MR) is 52.1 cm³/mol. The van der Waals surface area contributed by atoms with Crippen LogP contribution in [-0.2, 0) is 0 Å². The second-order valence-electron chi connectivity index (χ2n) is 2.85. The van der Waals surface area contributed by atoms with E-state index in [1.54, 1.807) is 6.07 Å². The van der Waals surface area contributed by atoms with Crippen LogP contribution in [0.1, 0.15) is 5.56 Å². The molecule has 0 aliphatic carbocycles. The molecule has 66 valence electrons. The van der Waals surface area contributed by atoms with Gasteiger partial charge in [0.1, 0.15) is 0 Å². The van der Waals surface area contributed by atoms with Gasteiger partial charge in [-0.15, -0.1) is 0 Å². The third kappa shape index (κ3) is 1.21. The van der Waals surface area contributed by atoms with Gasteiger partial charge in [-0.05, 0) is 18.6 Å². The number of hydrogen-bond acceptors (Lipinski definition) is 2. The van der Waals surface area contributed by atoms with Gasteiger partial charge in [-0.3, -0.25) is 9.89 Å². The first-order valence-electron chi connectivity index (χ1n) is 3.82. The summed E-state index contributed by atoms with van der Waals surface area (Å²) in [5, 5.41) is 7.54. The lowest BCUT2D eigenvalue weighted by atomic mass is 10.1. The molecular weight excluding hydrogens is 188 g/mol. The molecule has 0 saturated heterocycles. The number of H-pyrrole nitrogens is 1. The van der Waals surface area contributed by atoms with Crippen molar-refractivity contribution in [3.05, 3.63) is 39.1 Å². The van der Waals surface area contributed by atoms with Gasteiger partial charge in [-0.2, -0.15) is 5.10 Å². The van der Waals surface area contributed by atoms with E-state index in [1.165, 1.54) is 6.20 Å². The molecule has 0 aliphatic heterocycles. The van der Waals surface area contributed by atoms with Crippen LogP contribution >= 0.6 is 11.6 Å². The number of nitrogens with one attached hydrogen (secondary N) is 1. The van der Waals surface area contributed by atoms with Crippen LogP contribution in [0.5, 0.6) is 0 Å². The highest BCUT2D eigenvalue weighted by Gasteiger charge is 2.04. The minimum atomic E-state index is -0.115. The van der Waals surface area contributed by atoms with Crippen LogP contribution in [0.15, 0.2) is 23.1 Å². The standard InChI is InChI=1S/C9H7ClN2O/c1-5-2-3-6-7(13)4-11-12-9(6)8(5)10/h2-4H,1H3,(H,12,13). The van der Waals surface area contributed by atoms with Crippen molar-refractivity contribution in [1.29, 1.82) is 0 Å². The van der Waals surface area contributed by atoms with Crippen molar-refractivity contribution < 1.29 is 0 Å². The molecule has 2 rings (SSSR count). The van der Waals surface area contributed by atoms with E-state index in [1.807, 2.05) is 13.0 Å². The summed E-state index contributed by atoms with van der Waals surface area (Å²) in [6, 6.07) is 3.57. The Morgan fingerprint density at radius 1 is 1.46 bits per heavy atom. The summed E-state index contributed by atoms with van der Waals surface area (Å²) in [6.45, 7) is 1.88. The normalized spacial score (nSPS) is 10.6. The fourth-order valence-corrected chi connectivity index (χ4v) is 1.43. The first-order valence-corrected chi connectivity index (χ1v) is 4.20. The third-order valence-corrected chi connectivity index (χ3v) is 2.45. The topological polar surface area (TPSA) is 45.8 Å². The number of halogens is 1. The second-order valence-corrected chi connectivity index (χ2v) is 3.23. The van der Waals surface area contributed by atoms with Gasteiger partial charge in [0.15, 0.2) is 0 Å². The number of benzene rings is 1. The molecule has 0 atom stereocenters. The number of fused-ring (bicyclic) bond motifs is 1. The van der Waals surface area contributed by atoms with Gasteiger partial charge in [-0.1, -0.05) is 17.7 Å². The fraction of sp³-hybridized carbons (Fsp3) is 0.111. The highest BCUT2D eigenvalue weighted by Crippen LogP contribution is 2.21. The fourth-order valence-electron chi connectivity index (χ4n) is 1.22. The maximum Gasteiger partial charge on any atom is 0.207 e. The van der Waals surface area contributed by atoms with E-state index in [-0.39, 0.29) is 5.43 Å². The Morgan fingerprint density at radius 3 is 3.00 bits per heavy atom. The Balaban J connectivity index is 3.03. The first kappa shape index (κ1) is 8.26. The van der Waals surface area contributed by atoms with Crippen molar-refractivity contribution in [2.24, 2.45) is 0 Å². The molecule has 1 heterocycles. The Labute approximate surface area is 79.4 Å². The molecule has 0 aliphatic rings. The largest absolute Gasteiger partial charge is 0.287 e. The van der Waals surface area contributed by atoms with Crippen LogP contribution in [0.25, 0.3) is 10.9 Å². The van der Waals surface area contributed by atoms with Gasteiger partial charge in [0.05, 0.1) is 22.1 Å². The Kier molecular flexibility index (Phi) is 1.81. The molecule has 1 aromatic carbocycles. The number of aryl methyl sites for hydroxylation is 1. The highest BCUT2D eigenvalue weighted by atomic mass is 35.5. The van der Waals surface area contributed by atoms with Crippen LogP contribution < -0.4 is 5.43 Å². The molecule has 0 amide bonds. The molecule has 13 heavy (non-hydrogen) atoms. The number of nitrogens with zero attached hydrogens (tertiary/aromatic N) is 1. The van der Waals surface area contributed by atoms with E-state index in [0.717, 1.165) is 5.56 Å². The molecule has 0 saturated carbocycles. The lowest BCUT2D eigenvalue weighted by molar-refractivity contribution is 1.06. The molecule has 0 spiro atoms. The summed E-state index contributed by atoms with van der Waals surface area (Å²) < 4.78 is 0. The minimum Gasteiger partial charge on any atom is -0.287 e. The minimum absolute atomic E-state index is 0.115. The Bertz CT molecular complexity index is 518. The van der Waals surface area contributed by atoms with Crippen LogP contribution in [0, 0.1) is 6.92 Å². The molecule has 1 N–H and O–H groups in total. The molecular formula is C9H7ClN2O. The van der Waals surface area contributed by atoms with Gasteiger partial charge < -0.3 is 0 Å². The lowest BCUT2D eigenvalue weighted by Gasteiger charge is -2.01. The maximum atomic E-state index is 11.3. The van der Waals surface area contributed by atoms with Crippen molar-refractivity contribution in [3.8, 4) is 0 Å². The summed E-state index contributed by atoms with van der Waals surface area (Å²) in [6.07, 6.45) is 1.24. The van der Waals surface area contributed by atoms with Crippen molar-refractivity contribution in [2.75, 3.05) is 0 Å². The predicted octanol–water partition coefficient (Wildman–Crippen LogP) is 1.88. The van der Waals surface area contributed by atoms with Gasteiger partial charge >= 0.3 is 0 Å². The molecule has 4 heteroatoms. The van der Waals surface area contributed by atoms with E-state index in [9.17, 15) is 4.79 Å². The van der Waals surface area contributed by atoms with Gasteiger partial charge in [0.2, 0.25) is 5.43 Å². The average Bonchev–Trinajstić information content (AvgIpc) is 2.12. The molecule has 3 nitrogen and oxygen atoms in total.